The lowest BCUT2D eigenvalue weighted by Crippen LogP contribution is -2.15. The number of unbranched alkanes of at least 4 members (excludes halogenated alkanes) is 70. The highest BCUT2D eigenvalue weighted by atomic mass is 16.4. The normalized spacial score (nSPS) is 10.8. The molecule has 0 radical (unpaired) electrons. The van der Waals surface area contributed by atoms with Gasteiger partial charge < -0.3 is 40.9 Å². The van der Waals surface area contributed by atoms with Crippen LogP contribution in [0.1, 0.15) is 548 Å². The van der Waals surface area contributed by atoms with Crippen molar-refractivity contribution in [1.82, 2.24) is 0 Å². The van der Waals surface area contributed by atoms with Crippen molar-refractivity contribution in [3.8, 4) is 0 Å². The number of carboxylic acids is 5. The first-order valence-corrected chi connectivity index (χ1v) is 46.6. The Morgan fingerprint density at radius 2 is 0.236 bits per heavy atom. The number of aliphatic hydroxyl groups is 3. The van der Waals surface area contributed by atoms with Gasteiger partial charge >= 0.3 is 29.8 Å². The van der Waals surface area contributed by atoms with Gasteiger partial charge in [0, 0.05) is 32.1 Å². The predicted octanol–water partition coefficient (Wildman–Crippen LogP) is 30.0. The third kappa shape index (κ3) is 137. The Bertz CT molecular complexity index is 1350. The van der Waals surface area contributed by atoms with E-state index in [-0.39, 0.29) is 13.2 Å². The molecule has 0 fully saturated rings. The fourth-order valence-corrected chi connectivity index (χ4v) is 13.3. The molecule has 0 aliphatic carbocycles. The summed E-state index contributed by atoms with van der Waals surface area (Å²) in [5, 5.41) is 66.6. The lowest BCUT2D eigenvalue weighted by Gasteiger charge is -2.03. The fraction of sp³-hybridized carbons (Fsp3) is 0.946. The third-order valence-electron chi connectivity index (χ3n) is 20.4. The van der Waals surface area contributed by atoms with Gasteiger partial charge in [-0.15, -0.1) is 0 Å². The van der Waals surface area contributed by atoms with Crippen LogP contribution >= 0.6 is 0 Å². The Morgan fingerprint density at radius 1 is 0.160 bits per heavy atom. The fourth-order valence-electron chi connectivity index (χ4n) is 13.3. The predicted molar refractivity (Wildman–Crippen MR) is 456 cm³/mol. The van der Waals surface area contributed by atoms with E-state index in [9.17, 15) is 24.0 Å². The molecule has 0 aromatic rings. The summed E-state index contributed by atoms with van der Waals surface area (Å²) in [5.41, 5.74) is 0. The summed E-state index contributed by atoms with van der Waals surface area (Å²) in [6.45, 7) is 10.6. The molecule has 13 heteroatoms. The minimum Gasteiger partial charge on any atom is -0.481 e. The second kappa shape index (κ2) is 111. The number of aliphatic hydroxyl groups excluding tert-OH is 3. The Labute approximate surface area is 659 Å². The first-order valence-electron chi connectivity index (χ1n) is 46.6. The molecular formula is C93H188O13. The summed E-state index contributed by atoms with van der Waals surface area (Å²) in [7, 11) is 0. The zero-order chi connectivity index (χ0) is 79.4. The molecule has 0 aromatic heterocycles. The van der Waals surface area contributed by atoms with Crippen LogP contribution in [0.4, 0.5) is 0 Å². The maximum atomic E-state index is 10.3. The van der Waals surface area contributed by atoms with E-state index >= 15 is 0 Å². The molecule has 8 N–H and O–H groups in total. The summed E-state index contributed by atoms with van der Waals surface area (Å²) in [5.74, 6) is -3.27. The van der Waals surface area contributed by atoms with Crippen LogP contribution in [-0.4, -0.2) is 90.0 Å². The van der Waals surface area contributed by atoms with E-state index in [1.165, 1.54) is 417 Å². The van der Waals surface area contributed by atoms with Crippen molar-refractivity contribution in [2.24, 2.45) is 0 Å². The molecular weight excluding hydrogens is 1330 g/mol. The number of rotatable bonds is 82. The van der Waals surface area contributed by atoms with E-state index in [0.717, 1.165) is 64.2 Å². The molecule has 0 amide bonds. The number of carboxylic acid groups (broad SMARTS) is 5. The molecule has 0 spiro atoms. The van der Waals surface area contributed by atoms with E-state index in [4.69, 9.17) is 40.9 Å². The Balaban J connectivity index is -0.000000289. The smallest absolute Gasteiger partial charge is 0.303 e. The van der Waals surface area contributed by atoms with Crippen LogP contribution in [0.2, 0.25) is 0 Å². The van der Waals surface area contributed by atoms with E-state index < -0.39 is 36.0 Å². The third-order valence-corrected chi connectivity index (χ3v) is 20.4. The second-order valence-electron chi connectivity index (χ2n) is 31.5. The van der Waals surface area contributed by atoms with Gasteiger partial charge in [0.05, 0.1) is 13.2 Å². The van der Waals surface area contributed by atoms with Crippen LogP contribution in [0.15, 0.2) is 0 Å². The van der Waals surface area contributed by atoms with Gasteiger partial charge in [-0.3, -0.25) is 24.0 Å². The highest BCUT2D eigenvalue weighted by Crippen LogP contribution is 2.20. The molecule has 0 bridgehead atoms. The average molecular weight is 1510 g/mol. The molecule has 0 rings (SSSR count). The minimum absolute atomic E-state index is 0.345. The van der Waals surface area contributed by atoms with Gasteiger partial charge in [-0.2, -0.15) is 0 Å². The standard InChI is InChI=1S/5C18H36O2.C3H8O3/c5*1-2-3-4-5-6-7-8-9-10-11-12-13-14-15-16-17-18(19)20;4-1-3(6)2-5/h5*2-17H2,1H3,(H,19,20);3-6H,1-2H2. The topological polar surface area (TPSA) is 247 Å². The molecule has 0 aromatic carbocycles. The van der Waals surface area contributed by atoms with Crippen LogP contribution < -0.4 is 0 Å². The van der Waals surface area contributed by atoms with Crippen molar-refractivity contribution in [3.05, 3.63) is 0 Å². The maximum Gasteiger partial charge on any atom is 0.303 e. The van der Waals surface area contributed by atoms with Gasteiger partial charge in [0.2, 0.25) is 0 Å². The van der Waals surface area contributed by atoms with Gasteiger partial charge in [0.1, 0.15) is 6.10 Å². The Hall–Kier alpha value is -2.77. The first-order chi connectivity index (χ1) is 51.7. The van der Waals surface area contributed by atoms with Gasteiger partial charge in [-0.1, -0.05) is 484 Å². The zero-order valence-electron chi connectivity index (χ0n) is 71.7. The molecule has 0 saturated carbocycles. The molecule has 0 saturated heterocycles. The van der Waals surface area contributed by atoms with Gasteiger partial charge in [-0.25, -0.2) is 0 Å². The van der Waals surface area contributed by atoms with Crippen molar-refractivity contribution >= 4 is 29.8 Å². The maximum absolute atomic E-state index is 10.3. The second-order valence-corrected chi connectivity index (χ2v) is 31.5. The summed E-state index contributed by atoms with van der Waals surface area (Å²) in [4.78, 5) is 51.7. The van der Waals surface area contributed by atoms with Crippen LogP contribution in [0.25, 0.3) is 0 Å². The lowest BCUT2D eigenvalue weighted by molar-refractivity contribution is -0.138. The molecule has 0 unspecified atom stereocenters. The lowest BCUT2D eigenvalue weighted by atomic mass is 10.0. The molecule has 0 atom stereocenters. The molecule has 0 aliphatic rings. The quantitative estimate of drug-likeness (QED) is 0.0264. The van der Waals surface area contributed by atoms with E-state index in [1.807, 2.05) is 0 Å². The highest BCUT2D eigenvalue weighted by molar-refractivity contribution is 5.67. The summed E-state index contributed by atoms with van der Waals surface area (Å²) < 4.78 is 0. The van der Waals surface area contributed by atoms with Crippen LogP contribution in [0, 0.1) is 0 Å². The van der Waals surface area contributed by atoms with Crippen LogP contribution in [0.3, 0.4) is 0 Å². The van der Waals surface area contributed by atoms with Crippen molar-refractivity contribution in [3.63, 3.8) is 0 Å². The van der Waals surface area contributed by atoms with Crippen molar-refractivity contribution in [2.75, 3.05) is 13.2 Å². The summed E-state index contributed by atoms with van der Waals surface area (Å²) in [6, 6.07) is 0. The summed E-state index contributed by atoms with van der Waals surface area (Å²) in [6.07, 6.45) is 100. The highest BCUT2D eigenvalue weighted by Gasteiger charge is 2.04. The van der Waals surface area contributed by atoms with Crippen LogP contribution in [0.5, 0.6) is 0 Å². The SMILES string of the molecule is CCCCCCCCCCCCCCCCCC(=O)O.CCCCCCCCCCCCCCCCCC(=O)O.CCCCCCCCCCCCCCCCCC(=O)O.CCCCCCCCCCCCCCCCCC(=O)O.CCCCCCCCCCCCCCCCCC(=O)O.OCC(O)CO. The van der Waals surface area contributed by atoms with Gasteiger partial charge in [0.15, 0.2) is 0 Å². The van der Waals surface area contributed by atoms with Gasteiger partial charge in [-0.05, 0) is 32.1 Å². The van der Waals surface area contributed by atoms with Crippen molar-refractivity contribution in [2.45, 2.75) is 554 Å². The number of carbonyl (C=O) groups is 5. The zero-order valence-corrected chi connectivity index (χ0v) is 71.7. The summed E-state index contributed by atoms with van der Waals surface area (Å²) >= 11 is 0. The number of hydrogen-bond donors (Lipinski definition) is 8. The molecule has 106 heavy (non-hydrogen) atoms. The van der Waals surface area contributed by atoms with Crippen LogP contribution in [-0.2, 0) is 24.0 Å². The number of hydrogen-bond acceptors (Lipinski definition) is 8. The molecule has 0 heterocycles. The first kappa shape index (κ1) is 114. The molecule has 0 aliphatic heterocycles. The molecule has 13 nitrogen and oxygen atoms in total. The van der Waals surface area contributed by atoms with E-state index in [0.29, 0.717) is 32.1 Å². The largest absolute Gasteiger partial charge is 0.481 e. The monoisotopic (exact) mass is 1510 g/mol. The van der Waals surface area contributed by atoms with E-state index in [2.05, 4.69) is 34.6 Å². The number of aliphatic carboxylic acids is 5. The molecule has 638 valence electrons. The van der Waals surface area contributed by atoms with Crippen molar-refractivity contribution < 1.29 is 64.8 Å². The van der Waals surface area contributed by atoms with Gasteiger partial charge in [0.25, 0.3) is 0 Å². The van der Waals surface area contributed by atoms with Crippen molar-refractivity contribution in [1.29, 1.82) is 0 Å². The van der Waals surface area contributed by atoms with E-state index in [1.54, 1.807) is 0 Å². The Morgan fingerprint density at radius 3 is 0.292 bits per heavy atom. The minimum atomic E-state index is -0.954. The Kier molecular flexibility index (Phi) is 119. The average Bonchev–Trinajstić information content (AvgIpc) is 3.87.